The van der Waals surface area contributed by atoms with Crippen molar-refractivity contribution in [3.05, 3.63) is 106 Å². The summed E-state index contributed by atoms with van der Waals surface area (Å²) in [5.74, 6) is 1.02. The Balaban J connectivity index is 1.55. The second-order valence-electron chi connectivity index (χ2n) is 10.2. The molecule has 4 rings (SSSR count). The summed E-state index contributed by atoms with van der Waals surface area (Å²) >= 11 is 5.07. The third kappa shape index (κ3) is 8.74. The lowest BCUT2D eigenvalue weighted by molar-refractivity contribution is -0.139. The molecule has 1 atom stereocenters. The second-order valence-corrected chi connectivity index (χ2v) is 12.1. The summed E-state index contributed by atoms with van der Waals surface area (Å²) in [7, 11) is 0. The van der Waals surface area contributed by atoms with E-state index in [0.717, 1.165) is 47.0 Å². The van der Waals surface area contributed by atoms with Gasteiger partial charge in [0.15, 0.2) is 0 Å². The molecule has 0 aromatic heterocycles. The monoisotopic (exact) mass is 592 g/mol. The lowest BCUT2D eigenvalue weighted by Gasteiger charge is -2.33. The number of amides is 2. The largest absolute Gasteiger partial charge is 0.352 e. The van der Waals surface area contributed by atoms with Gasteiger partial charge in [0.1, 0.15) is 6.04 Å². The van der Waals surface area contributed by atoms with E-state index < -0.39 is 6.04 Å². The fraction of sp³-hybridized carbons (Fsp3) is 0.375. The summed E-state index contributed by atoms with van der Waals surface area (Å²) in [6.07, 6.45) is 6.04. The molecule has 3 aromatic carbocycles. The summed E-state index contributed by atoms with van der Waals surface area (Å²) < 4.78 is 1.04. The number of benzene rings is 3. The van der Waals surface area contributed by atoms with Crippen LogP contribution in [0.1, 0.15) is 54.4 Å². The number of thioether (sulfide) groups is 1. The van der Waals surface area contributed by atoms with Gasteiger partial charge in [-0.1, -0.05) is 107 Å². The number of hydrogen-bond acceptors (Lipinski definition) is 3. The van der Waals surface area contributed by atoms with Gasteiger partial charge < -0.3 is 10.2 Å². The summed E-state index contributed by atoms with van der Waals surface area (Å²) in [6, 6.07) is 26.1. The van der Waals surface area contributed by atoms with Crippen molar-refractivity contribution in [1.29, 1.82) is 0 Å². The summed E-state index contributed by atoms with van der Waals surface area (Å²) in [6.45, 7) is 2.47. The highest BCUT2D eigenvalue weighted by Crippen LogP contribution is 2.22. The van der Waals surface area contributed by atoms with Crippen LogP contribution < -0.4 is 5.32 Å². The molecule has 0 saturated heterocycles. The topological polar surface area (TPSA) is 49.4 Å². The Kier molecular flexibility index (Phi) is 10.9. The molecule has 200 valence electrons. The van der Waals surface area contributed by atoms with E-state index in [1.165, 1.54) is 17.5 Å². The molecule has 0 heterocycles. The fourth-order valence-corrected chi connectivity index (χ4v) is 6.04. The molecule has 2 amide bonds. The van der Waals surface area contributed by atoms with Gasteiger partial charge in [-0.15, -0.1) is 11.8 Å². The molecule has 38 heavy (non-hydrogen) atoms. The maximum atomic E-state index is 13.8. The first-order valence-electron chi connectivity index (χ1n) is 13.5. The van der Waals surface area contributed by atoms with Crippen LogP contribution in [0.2, 0.25) is 0 Å². The number of rotatable bonds is 11. The zero-order valence-corrected chi connectivity index (χ0v) is 24.5. The van der Waals surface area contributed by atoms with Crippen LogP contribution in [-0.4, -0.2) is 34.6 Å². The summed E-state index contributed by atoms with van der Waals surface area (Å²) in [5, 5.41) is 3.31. The minimum absolute atomic E-state index is 0.00703. The Morgan fingerprint density at radius 1 is 0.895 bits per heavy atom. The normalized spacial score (nSPS) is 14.6. The van der Waals surface area contributed by atoms with Crippen LogP contribution in [0.4, 0.5) is 0 Å². The van der Waals surface area contributed by atoms with Crippen LogP contribution in [0.15, 0.2) is 83.3 Å². The molecule has 1 unspecified atom stereocenters. The molecule has 4 nitrogen and oxygen atoms in total. The maximum absolute atomic E-state index is 13.8. The second kappa shape index (κ2) is 14.5. The van der Waals surface area contributed by atoms with E-state index in [0.29, 0.717) is 18.7 Å². The van der Waals surface area contributed by atoms with Crippen LogP contribution in [-0.2, 0) is 28.3 Å². The predicted octanol–water partition coefficient (Wildman–Crippen LogP) is 7.08. The molecular weight excluding hydrogens is 556 g/mol. The van der Waals surface area contributed by atoms with Crippen molar-refractivity contribution < 1.29 is 9.59 Å². The first-order valence-corrected chi connectivity index (χ1v) is 15.4. The minimum atomic E-state index is -0.568. The van der Waals surface area contributed by atoms with Gasteiger partial charge in [-0.25, -0.2) is 0 Å². The molecule has 1 saturated carbocycles. The average Bonchev–Trinajstić information content (AvgIpc) is 2.94. The van der Waals surface area contributed by atoms with Gasteiger partial charge in [-0.2, -0.15) is 0 Å². The predicted molar refractivity (Wildman–Crippen MR) is 161 cm³/mol. The highest BCUT2D eigenvalue weighted by atomic mass is 79.9. The van der Waals surface area contributed by atoms with E-state index in [1.807, 2.05) is 47.4 Å². The number of nitrogens with zero attached hydrogens (tertiary/aromatic N) is 1. The lowest BCUT2D eigenvalue weighted by Crippen LogP contribution is -2.53. The first kappa shape index (κ1) is 28.4. The standard InChI is InChI=1S/C32H37BrN2O2S/c1-24-12-14-26(15-13-24)21-35(31(36)23-38-22-27-16-18-28(33)19-17-27)30(20-25-8-4-2-5-9-25)32(37)34-29-10-6-3-7-11-29/h2,4-5,8-9,12-19,29-30H,3,6-7,10-11,20-23H2,1H3,(H,34,37). The highest BCUT2D eigenvalue weighted by molar-refractivity contribution is 9.10. The maximum Gasteiger partial charge on any atom is 0.243 e. The van der Waals surface area contributed by atoms with Crippen LogP contribution in [0.3, 0.4) is 0 Å². The van der Waals surface area contributed by atoms with Crippen molar-refractivity contribution in [2.24, 2.45) is 0 Å². The van der Waals surface area contributed by atoms with E-state index in [-0.39, 0.29) is 17.9 Å². The van der Waals surface area contributed by atoms with E-state index in [2.05, 4.69) is 64.6 Å². The van der Waals surface area contributed by atoms with Crippen molar-refractivity contribution in [2.75, 3.05) is 5.75 Å². The molecule has 1 fully saturated rings. The number of carbonyl (C=O) groups is 2. The van der Waals surface area contributed by atoms with Crippen LogP contribution in [0.25, 0.3) is 0 Å². The summed E-state index contributed by atoms with van der Waals surface area (Å²) in [5.41, 5.74) is 4.44. The number of carbonyl (C=O) groups excluding carboxylic acids is 2. The highest BCUT2D eigenvalue weighted by Gasteiger charge is 2.31. The smallest absolute Gasteiger partial charge is 0.243 e. The fourth-order valence-electron chi connectivity index (χ4n) is 4.91. The van der Waals surface area contributed by atoms with Gasteiger partial charge in [0.05, 0.1) is 5.75 Å². The summed E-state index contributed by atoms with van der Waals surface area (Å²) in [4.78, 5) is 29.4. The van der Waals surface area contributed by atoms with Crippen molar-refractivity contribution >= 4 is 39.5 Å². The van der Waals surface area contributed by atoms with Crippen molar-refractivity contribution in [2.45, 2.75) is 69.8 Å². The lowest BCUT2D eigenvalue weighted by atomic mass is 9.94. The molecule has 3 aromatic rings. The molecule has 1 aliphatic carbocycles. The molecule has 1 aliphatic rings. The Labute approximate surface area is 239 Å². The van der Waals surface area contributed by atoms with Gasteiger partial charge in [0, 0.05) is 29.2 Å². The zero-order chi connectivity index (χ0) is 26.7. The molecule has 0 aliphatic heterocycles. The zero-order valence-electron chi connectivity index (χ0n) is 22.1. The molecular formula is C32H37BrN2O2S. The van der Waals surface area contributed by atoms with E-state index >= 15 is 0 Å². The Hall–Kier alpha value is -2.57. The number of nitrogens with one attached hydrogen (secondary N) is 1. The van der Waals surface area contributed by atoms with Gasteiger partial charge in [0.2, 0.25) is 11.8 Å². The van der Waals surface area contributed by atoms with Crippen LogP contribution in [0.5, 0.6) is 0 Å². The van der Waals surface area contributed by atoms with E-state index in [1.54, 1.807) is 11.8 Å². The van der Waals surface area contributed by atoms with Crippen LogP contribution >= 0.6 is 27.7 Å². The molecule has 0 radical (unpaired) electrons. The minimum Gasteiger partial charge on any atom is -0.352 e. The number of aryl methyl sites for hydroxylation is 1. The molecule has 0 spiro atoms. The van der Waals surface area contributed by atoms with Crippen molar-refractivity contribution in [1.82, 2.24) is 10.2 Å². The van der Waals surface area contributed by atoms with Gasteiger partial charge in [-0.3, -0.25) is 9.59 Å². The Bertz CT molecular complexity index is 1160. The molecule has 1 N–H and O–H groups in total. The van der Waals surface area contributed by atoms with E-state index in [9.17, 15) is 9.59 Å². The quantitative estimate of drug-likeness (QED) is 0.259. The average molecular weight is 594 g/mol. The van der Waals surface area contributed by atoms with Crippen LogP contribution in [0, 0.1) is 6.92 Å². The SMILES string of the molecule is Cc1ccc(CN(C(=O)CSCc2ccc(Br)cc2)C(Cc2ccccc2)C(=O)NC2CCCCC2)cc1. The number of halogens is 1. The van der Waals surface area contributed by atoms with Crippen molar-refractivity contribution in [3.63, 3.8) is 0 Å². The molecule has 0 bridgehead atoms. The number of hydrogen-bond donors (Lipinski definition) is 1. The Morgan fingerprint density at radius 3 is 2.24 bits per heavy atom. The third-order valence-corrected chi connectivity index (χ3v) is 8.62. The van der Waals surface area contributed by atoms with Gasteiger partial charge >= 0.3 is 0 Å². The Morgan fingerprint density at radius 2 is 1.55 bits per heavy atom. The first-order chi connectivity index (χ1) is 18.5. The van der Waals surface area contributed by atoms with Gasteiger partial charge in [-0.05, 0) is 48.6 Å². The van der Waals surface area contributed by atoms with Crippen molar-refractivity contribution in [3.8, 4) is 0 Å². The molecule has 6 heteroatoms. The van der Waals surface area contributed by atoms with Gasteiger partial charge in [0.25, 0.3) is 0 Å². The van der Waals surface area contributed by atoms with E-state index in [4.69, 9.17) is 0 Å². The third-order valence-electron chi connectivity index (χ3n) is 7.10.